The van der Waals surface area contributed by atoms with Gasteiger partial charge in [-0.2, -0.15) is 0 Å². The maximum atomic E-state index is 2.54. The molecule has 0 aliphatic rings. The number of unbranched alkanes of at least 4 members (excludes halogenated alkanes) is 24. The zero-order valence-corrected chi connectivity index (χ0v) is 27.2. The molecule has 0 aliphatic carbocycles. The molecule has 0 radical (unpaired) electrons. The number of quaternary nitrogens is 1. The van der Waals surface area contributed by atoms with Crippen LogP contribution in [0.5, 0.6) is 0 Å². The molecule has 0 fully saturated rings. The molecule has 1 heteroatoms. The minimum Gasteiger partial charge on any atom is -0.322 e. The van der Waals surface area contributed by atoms with Crippen LogP contribution in [0.4, 0.5) is 0 Å². The second-order valence-electron chi connectivity index (χ2n) is 13.0. The van der Waals surface area contributed by atoms with E-state index in [-0.39, 0.29) is 0 Å². The summed E-state index contributed by atoms with van der Waals surface area (Å²) in [5.41, 5.74) is 0. The van der Waals surface area contributed by atoms with Crippen LogP contribution in [0.2, 0.25) is 0 Å². The Hall–Kier alpha value is -0.0400. The maximum Gasteiger partial charge on any atom is 0.0833 e. The number of rotatable bonds is 31. The molecule has 0 amide bonds. The minimum atomic E-state index is 0.789. The van der Waals surface area contributed by atoms with E-state index in [0.717, 1.165) is 6.04 Å². The third-order valence-corrected chi connectivity index (χ3v) is 9.22. The molecule has 0 unspecified atom stereocenters. The fourth-order valence-electron chi connectivity index (χ4n) is 6.32. The summed E-state index contributed by atoms with van der Waals surface area (Å²) in [4.78, 5) is 0. The lowest BCUT2D eigenvalue weighted by atomic mass is 10.0. The number of hydrogen-bond acceptors (Lipinski definition) is 0. The number of nitrogens with zero attached hydrogens (tertiary/aromatic N) is 1. The van der Waals surface area contributed by atoms with Crippen molar-refractivity contribution in [1.82, 2.24) is 0 Å². The molecule has 0 aromatic carbocycles. The van der Waals surface area contributed by atoms with Crippen molar-refractivity contribution in [2.24, 2.45) is 0 Å². The molecule has 0 aromatic rings. The van der Waals surface area contributed by atoms with Crippen LogP contribution in [0, 0.1) is 0 Å². The summed E-state index contributed by atoms with van der Waals surface area (Å²) >= 11 is 0. The van der Waals surface area contributed by atoms with Crippen molar-refractivity contribution < 1.29 is 4.48 Å². The molecular formula is C36H76N+. The number of hydrogen-bond donors (Lipinski definition) is 0. The summed E-state index contributed by atoms with van der Waals surface area (Å²) < 4.78 is 1.42. The van der Waals surface area contributed by atoms with Gasteiger partial charge < -0.3 is 4.48 Å². The summed E-state index contributed by atoms with van der Waals surface area (Å²) in [7, 11) is 0. The first-order valence-corrected chi connectivity index (χ1v) is 18.0. The molecule has 0 aromatic heterocycles. The van der Waals surface area contributed by atoms with E-state index in [1.54, 1.807) is 0 Å². The molecular weight excluding hydrogens is 446 g/mol. The Balaban J connectivity index is 4.40. The Bertz CT molecular complexity index is 360. The third-order valence-electron chi connectivity index (χ3n) is 9.22. The second-order valence-corrected chi connectivity index (χ2v) is 13.0. The van der Waals surface area contributed by atoms with E-state index in [0.29, 0.717) is 0 Å². The summed E-state index contributed by atoms with van der Waals surface area (Å²) in [5, 5.41) is 0. The summed E-state index contributed by atoms with van der Waals surface area (Å²) in [6, 6.07) is 0.789. The van der Waals surface area contributed by atoms with E-state index in [1.807, 2.05) is 0 Å². The van der Waals surface area contributed by atoms with Crippen LogP contribution in [0.15, 0.2) is 0 Å². The van der Waals surface area contributed by atoms with Crippen molar-refractivity contribution in [2.45, 2.75) is 214 Å². The van der Waals surface area contributed by atoms with Gasteiger partial charge >= 0.3 is 0 Å². The Morgan fingerprint density at radius 1 is 0.297 bits per heavy atom. The lowest BCUT2D eigenvalue weighted by Gasteiger charge is -2.43. The van der Waals surface area contributed by atoms with Gasteiger partial charge in [-0.25, -0.2) is 0 Å². The van der Waals surface area contributed by atoms with Crippen molar-refractivity contribution in [3.8, 4) is 0 Å². The molecule has 0 rings (SSSR count). The van der Waals surface area contributed by atoms with Crippen molar-refractivity contribution in [1.29, 1.82) is 0 Å². The minimum absolute atomic E-state index is 0.789. The molecule has 0 atom stereocenters. The zero-order valence-electron chi connectivity index (χ0n) is 27.2. The molecule has 0 saturated heterocycles. The van der Waals surface area contributed by atoms with Gasteiger partial charge in [0.05, 0.1) is 25.7 Å². The summed E-state index contributed by atoms with van der Waals surface area (Å²) in [6.45, 7) is 16.4. The van der Waals surface area contributed by atoms with Gasteiger partial charge in [0.25, 0.3) is 0 Å². The standard InChI is InChI=1S/C36H76N/c1-6-9-12-15-18-21-24-27-30-33-37(36(4)5,34-31-28-25-22-19-16-13-10-7-2)35-32-29-26-23-20-17-14-11-8-3/h36H,6-35H2,1-5H3/q+1. The highest BCUT2D eigenvalue weighted by Gasteiger charge is 2.29. The van der Waals surface area contributed by atoms with Gasteiger partial charge in [0.1, 0.15) is 0 Å². The van der Waals surface area contributed by atoms with E-state index < -0.39 is 0 Å². The second kappa shape index (κ2) is 29.0. The molecule has 0 bridgehead atoms. The van der Waals surface area contributed by atoms with Crippen molar-refractivity contribution >= 4 is 0 Å². The topological polar surface area (TPSA) is 0 Å². The van der Waals surface area contributed by atoms with Crippen molar-refractivity contribution in [3.05, 3.63) is 0 Å². The van der Waals surface area contributed by atoms with Gasteiger partial charge in [0.2, 0.25) is 0 Å². The van der Waals surface area contributed by atoms with Crippen LogP contribution in [-0.2, 0) is 0 Å². The highest BCUT2D eigenvalue weighted by atomic mass is 15.4. The van der Waals surface area contributed by atoms with Crippen LogP contribution in [0.3, 0.4) is 0 Å². The van der Waals surface area contributed by atoms with Gasteiger partial charge in [-0.3, -0.25) is 0 Å². The first-order valence-electron chi connectivity index (χ1n) is 18.0. The quantitative estimate of drug-likeness (QED) is 0.0627. The highest BCUT2D eigenvalue weighted by molar-refractivity contribution is 4.57. The smallest absolute Gasteiger partial charge is 0.0833 e. The Kier molecular flexibility index (Phi) is 28.9. The van der Waals surface area contributed by atoms with Crippen LogP contribution in [-0.4, -0.2) is 30.2 Å². The molecule has 0 saturated carbocycles. The Morgan fingerprint density at radius 2 is 0.486 bits per heavy atom. The molecule has 0 N–H and O–H groups in total. The fraction of sp³-hybridized carbons (Fsp3) is 1.00. The average Bonchev–Trinajstić information content (AvgIpc) is 2.89. The largest absolute Gasteiger partial charge is 0.322 e. The Labute approximate surface area is 237 Å². The van der Waals surface area contributed by atoms with E-state index in [2.05, 4.69) is 34.6 Å². The van der Waals surface area contributed by atoms with Crippen molar-refractivity contribution in [3.63, 3.8) is 0 Å². The van der Waals surface area contributed by atoms with Gasteiger partial charge in [0.15, 0.2) is 0 Å². The van der Waals surface area contributed by atoms with E-state index in [9.17, 15) is 0 Å². The fourth-order valence-corrected chi connectivity index (χ4v) is 6.32. The third kappa shape index (κ3) is 23.6. The summed E-state index contributed by atoms with van der Waals surface area (Å²) in [5.74, 6) is 0. The molecule has 37 heavy (non-hydrogen) atoms. The van der Waals surface area contributed by atoms with Crippen molar-refractivity contribution in [2.75, 3.05) is 19.6 Å². The SMILES string of the molecule is CCCCCCCCCCC[N+](CCCCCCCCCCC)(CCCCCCCCCCC)C(C)C. The predicted octanol–water partition coefficient (Wildman–Crippen LogP) is 12.8. The van der Waals surface area contributed by atoms with Crippen LogP contribution >= 0.6 is 0 Å². The van der Waals surface area contributed by atoms with Gasteiger partial charge in [-0.05, 0) is 52.4 Å². The first kappa shape index (κ1) is 37.0. The molecule has 0 heterocycles. The lowest BCUT2D eigenvalue weighted by Crippen LogP contribution is -2.55. The highest BCUT2D eigenvalue weighted by Crippen LogP contribution is 2.22. The Morgan fingerprint density at radius 3 is 0.676 bits per heavy atom. The monoisotopic (exact) mass is 523 g/mol. The van der Waals surface area contributed by atoms with Crippen LogP contribution in [0.25, 0.3) is 0 Å². The van der Waals surface area contributed by atoms with E-state index in [1.165, 1.54) is 197 Å². The lowest BCUT2D eigenvalue weighted by molar-refractivity contribution is -0.948. The van der Waals surface area contributed by atoms with Crippen LogP contribution in [0.1, 0.15) is 208 Å². The van der Waals surface area contributed by atoms with Crippen LogP contribution < -0.4 is 0 Å². The normalized spacial score (nSPS) is 12.2. The molecule has 224 valence electrons. The van der Waals surface area contributed by atoms with E-state index >= 15 is 0 Å². The van der Waals surface area contributed by atoms with Gasteiger partial charge in [-0.15, -0.1) is 0 Å². The molecule has 1 nitrogen and oxygen atoms in total. The summed E-state index contributed by atoms with van der Waals surface area (Å²) in [6.07, 6.45) is 39.2. The molecule has 0 aliphatic heterocycles. The van der Waals surface area contributed by atoms with Gasteiger partial charge in [0, 0.05) is 0 Å². The van der Waals surface area contributed by atoms with Gasteiger partial charge in [-0.1, -0.05) is 156 Å². The maximum absolute atomic E-state index is 2.54. The van der Waals surface area contributed by atoms with E-state index in [4.69, 9.17) is 0 Å². The average molecular weight is 523 g/mol. The zero-order chi connectivity index (χ0) is 27.3. The predicted molar refractivity (Wildman–Crippen MR) is 172 cm³/mol. The first-order chi connectivity index (χ1) is 18.1. The molecule has 0 spiro atoms.